The fourth-order valence-corrected chi connectivity index (χ4v) is 2.58. The summed E-state index contributed by atoms with van der Waals surface area (Å²) in [6, 6.07) is -5.45. The van der Waals surface area contributed by atoms with Gasteiger partial charge in [0.2, 0.25) is 17.7 Å². The second kappa shape index (κ2) is 14.6. The van der Waals surface area contributed by atoms with Crippen molar-refractivity contribution in [3.8, 4) is 0 Å². The summed E-state index contributed by atoms with van der Waals surface area (Å²) in [4.78, 5) is 59.1. The number of nitrogens with one attached hydrogen (secondary N) is 3. The van der Waals surface area contributed by atoms with Gasteiger partial charge in [-0.3, -0.25) is 19.2 Å². The van der Waals surface area contributed by atoms with Crippen LogP contribution in [0.25, 0.3) is 0 Å². The molecule has 0 saturated carbocycles. The minimum atomic E-state index is -1.71. The first-order valence-corrected chi connectivity index (χ1v) is 10.2. The monoisotopic (exact) mass is 465 g/mol. The molecule has 31 heavy (non-hydrogen) atoms. The van der Waals surface area contributed by atoms with Crippen LogP contribution in [0.1, 0.15) is 32.6 Å². The topological polar surface area (TPSA) is 234 Å². The van der Waals surface area contributed by atoms with Crippen LogP contribution in [0.4, 0.5) is 0 Å². The Hall–Kier alpha value is -2.42. The molecule has 0 aliphatic heterocycles. The van der Waals surface area contributed by atoms with Gasteiger partial charge in [0, 0.05) is 5.75 Å². The molecule has 0 aromatic heterocycles. The maximum Gasteiger partial charge on any atom is 0.326 e. The van der Waals surface area contributed by atoms with E-state index in [9.17, 15) is 29.1 Å². The number of carboxylic acid groups (broad SMARTS) is 2. The third-order valence-electron chi connectivity index (χ3n) is 4.17. The summed E-state index contributed by atoms with van der Waals surface area (Å²) >= 11 is 3.88. The van der Waals surface area contributed by atoms with Gasteiger partial charge in [0.1, 0.15) is 18.1 Å². The Morgan fingerprint density at radius 1 is 0.935 bits per heavy atom. The third-order valence-corrected chi connectivity index (χ3v) is 4.56. The summed E-state index contributed by atoms with van der Waals surface area (Å²) in [5.74, 6) is -5.59. The van der Waals surface area contributed by atoms with Crippen LogP contribution in [0.3, 0.4) is 0 Å². The largest absolute Gasteiger partial charge is 0.481 e. The highest BCUT2D eigenvalue weighted by molar-refractivity contribution is 7.80. The van der Waals surface area contributed by atoms with Gasteiger partial charge in [-0.2, -0.15) is 12.6 Å². The van der Waals surface area contributed by atoms with Crippen LogP contribution < -0.4 is 27.4 Å². The number of amides is 3. The van der Waals surface area contributed by atoms with E-state index in [-0.39, 0.29) is 12.2 Å². The number of hydrogen-bond acceptors (Lipinski definition) is 9. The molecule has 0 aromatic rings. The van der Waals surface area contributed by atoms with Crippen molar-refractivity contribution >= 4 is 42.3 Å². The average molecular weight is 466 g/mol. The van der Waals surface area contributed by atoms with Crippen LogP contribution in [0.2, 0.25) is 0 Å². The van der Waals surface area contributed by atoms with Crippen molar-refractivity contribution in [3.05, 3.63) is 0 Å². The van der Waals surface area contributed by atoms with E-state index < -0.39 is 66.4 Å². The second-order valence-corrected chi connectivity index (χ2v) is 7.22. The predicted octanol–water partition coefficient (Wildman–Crippen LogP) is -3.23. The predicted molar refractivity (Wildman–Crippen MR) is 112 cm³/mol. The first kappa shape index (κ1) is 28.6. The molecule has 0 fully saturated rings. The highest BCUT2D eigenvalue weighted by Crippen LogP contribution is 2.05. The van der Waals surface area contributed by atoms with Crippen molar-refractivity contribution in [2.75, 3.05) is 12.3 Å². The SMILES string of the molecule is CC(O)C(NC(=O)C(N)CS)C(=O)NC(CCCCN)C(=O)NC(CC(=O)O)C(=O)O. The standard InChI is InChI=1S/C17H31N5O8S/c1-8(23)13(22-14(26)9(19)7-31)16(28)20-10(4-2-3-5-18)15(27)21-11(17(29)30)6-12(24)25/h8-11,13,23,31H,2-7,18-19H2,1H3,(H,20,28)(H,21,27)(H,22,26)(H,24,25)(H,29,30). The van der Waals surface area contributed by atoms with Gasteiger partial charge in [0.15, 0.2) is 0 Å². The van der Waals surface area contributed by atoms with E-state index >= 15 is 0 Å². The Morgan fingerprint density at radius 3 is 1.97 bits per heavy atom. The number of nitrogens with two attached hydrogens (primary N) is 2. The van der Waals surface area contributed by atoms with Gasteiger partial charge in [-0.1, -0.05) is 0 Å². The molecule has 0 aliphatic carbocycles. The van der Waals surface area contributed by atoms with Crippen LogP contribution in [-0.4, -0.2) is 87.5 Å². The first-order valence-electron chi connectivity index (χ1n) is 9.54. The lowest BCUT2D eigenvalue weighted by Crippen LogP contribution is -2.60. The normalized spacial score (nSPS) is 15.6. The number of aliphatic hydroxyl groups excluding tert-OH is 1. The summed E-state index contributed by atoms with van der Waals surface area (Å²) in [7, 11) is 0. The minimum absolute atomic E-state index is 0.00967. The van der Waals surface area contributed by atoms with E-state index in [4.69, 9.17) is 21.7 Å². The number of carboxylic acids is 2. The summed E-state index contributed by atoms with van der Waals surface area (Å²) < 4.78 is 0. The van der Waals surface area contributed by atoms with E-state index in [0.29, 0.717) is 19.4 Å². The van der Waals surface area contributed by atoms with Gasteiger partial charge in [-0.05, 0) is 32.7 Å². The summed E-state index contributed by atoms with van der Waals surface area (Å²) in [6.45, 7) is 1.56. The number of hydrogen-bond donors (Lipinski definition) is 9. The molecule has 0 bridgehead atoms. The zero-order chi connectivity index (χ0) is 24.1. The molecule has 14 heteroatoms. The van der Waals surface area contributed by atoms with E-state index in [1.807, 2.05) is 0 Å². The van der Waals surface area contributed by atoms with Crippen LogP contribution in [0.15, 0.2) is 0 Å². The number of rotatable bonds is 15. The van der Waals surface area contributed by atoms with Crippen LogP contribution in [0, 0.1) is 0 Å². The number of aliphatic hydroxyl groups is 1. The highest BCUT2D eigenvalue weighted by atomic mass is 32.1. The zero-order valence-corrected chi connectivity index (χ0v) is 18.0. The Bertz CT molecular complexity index is 648. The van der Waals surface area contributed by atoms with E-state index in [1.165, 1.54) is 6.92 Å². The van der Waals surface area contributed by atoms with Crippen LogP contribution >= 0.6 is 12.6 Å². The molecule has 0 heterocycles. The van der Waals surface area contributed by atoms with Crippen LogP contribution in [0.5, 0.6) is 0 Å². The lowest BCUT2D eigenvalue weighted by molar-refractivity contribution is -0.147. The molecule has 0 rings (SSSR count). The maximum absolute atomic E-state index is 12.6. The highest BCUT2D eigenvalue weighted by Gasteiger charge is 2.32. The van der Waals surface area contributed by atoms with Crippen molar-refractivity contribution in [2.45, 2.75) is 62.9 Å². The molecule has 0 spiro atoms. The van der Waals surface area contributed by atoms with Gasteiger partial charge >= 0.3 is 11.9 Å². The number of carbonyl (C=O) groups is 5. The first-order chi connectivity index (χ1) is 14.4. The van der Waals surface area contributed by atoms with Gasteiger partial charge in [0.05, 0.1) is 18.6 Å². The molecular formula is C17H31N5O8S. The molecular weight excluding hydrogens is 434 g/mol. The maximum atomic E-state index is 12.6. The number of unbranched alkanes of at least 4 members (excludes halogenated alkanes) is 1. The molecule has 0 saturated heterocycles. The van der Waals surface area contributed by atoms with Gasteiger partial charge in [-0.15, -0.1) is 0 Å². The average Bonchev–Trinajstić information content (AvgIpc) is 2.68. The zero-order valence-electron chi connectivity index (χ0n) is 17.1. The third kappa shape index (κ3) is 11.0. The van der Waals surface area contributed by atoms with Crippen molar-refractivity contribution < 1.29 is 39.3 Å². The molecule has 0 aromatic carbocycles. The lowest BCUT2D eigenvalue weighted by Gasteiger charge is -2.26. The minimum Gasteiger partial charge on any atom is -0.481 e. The van der Waals surface area contributed by atoms with E-state index in [2.05, 4.69) is 28.6 Å². The smallest absolute Gasteiger partial charge is 0.326 e. The van der Waals surface area contributed by atoms with Gasteiger partial charge in [0.25, 0.3) is 0 Å². The van der Waals surface area contributed by atoms with Crippen molar-refractivity contribution in [1.29, 1.82) is 0 Å². The molecule has 10 N–H and O–H groups in total. The Morgan fingerprint density at radius 2 is 1.52 bits per heavy atom. The van der Waals surface area contributed by atoms with Crippen molar-refractivity contribution in [3.63, 3.8) is 0 Å². The molecule has 13 nitrogen and oxygen atoms in total. The second-order valence-electron chi connectivity index (χ2n) is 6.86. The molecule has 3 amide bonds. The van der Waals surface area contributed by atoms with Gasteiger partial charge < -0.3 is 42.7 Å². The summed E-state index contributed by atoms with van der Waals surface area (Å²) in [5, 5.41) is 34.5. The number of carbonyl (C=O) groups excluding carboxylic acids is 3. The molecule has 178 valence electrons. The number of aliphatic carboxylic acids is 2. The molecule has 0 aliphatic rings. The lowest BCUT2D eigenvalue weighted by atomic mass is 10.1. The van der Waals surface area contributed by atoms with E-state index in [0.717, 1.165) is 0 Å². The van der Waals surface area contributed by atoms with E-state index in [1.54, 1.807) is 0 Å². The van der Waals surface area contributed by atoms with Crippen molar-refractivity contribution in [2.24, 2.45) is 11.5 Å². The van der Waals surface area contributed by atoms with Crippen LogP contribution in [-0.2, 0) is 24.0 Å². The van der Waals surface area contributed by atoms with Crippen molar-refractivity contribution in [1.82, 2.24) is 16.0 Å². The summed E-state index contributed by atoms with van der Waals surface area (Å²) in [5.41, 5.74) is 11.0. The molecule has 5 unspecified atom stereocenters. The Balaban J connectivity index is 5.42. The Labute approximate surface area is 184 Å². The molecule has 0 radical (unpaired) electrons. The fraction of sp³-hybridized carbons (Fsp3) is 0.706. The Kier molecular flexibility index (Phi) is 13.4. The number of thiol groups is 1. The fourth-order valence-electron chi connectivity index (χ4n) is 2.42. The quantitative estimate of drug-likeness (QED) is 0.0865. The van der Waals surface area contributed by atoms with Gasteiger partial charge in [-0.25, -0.2) is 4.79 Å². The summed E-state index contributed by atoms with van der Waals surface area (Å²) in [6.07, 6.45) is -1.25. The molecule has 5 atom stereocenters.